The van der Waals surface area contributed by atoms with Crippen LogP contribution in [0.25, 0.3) is 0 Å². The Balaban J connectivity index is 1.82. The van der Waals surface area contributed by atoms with Gasteiger partial charge in [0.05, 0.1) is 12.2 Å². The van der Waals surface area contributed by atoms with E-state index in [1.807, 2.05) is 0 Å². The summed E-state index contributed by atoms with van der Waals surface area (Å²) in [5, 5.41) is 1.44. The lowest BCUT2D eigenvalue weighted by Crippen LogP contribution is -2.29. The molecule has 0 radical (unpaired) electrons. The van der Waals surface area contributed by atoms with Gasteiger partial charge in [0.15, 0.2) is 0 Å². The summed E-state index contributed by atoms with van der Waals surface area (Å²) in [5.41, 5.74) is 0. The van der Waals surface area contributed by atoms with Crippen LogP contribution in [-0.2, 0) is 4.74 Å². The predicted octanol–water partition coefficient (Wildman–Crippen LogP) is 2.79. The Morgan fingerprint density at radius 2 is 1.38 bits per heavy atom. The zero-order chi connectivity index (χ0) is 9.26. The Kier molecular flexibility index (Phi) is 3.49. The van der Waals surface area contributed by atoms with Crippen molar-refractivity contribution in [2.45, 2.75) is 49.4 Å². The van der Waals surface area contributed by atoms with Crippen LogP contribution in [0, 0.1) is 0 Å². The Morgan fingerprint density at radius 3 is 1.69 bits per heavy atom. The molecule has 0 saturated carbocycles. The molecule has 13 heavy (non-hydrogen) atoms. The van der Waals surface area contributed by atoms with Crippen molar-refractivity contribution in [1.82, 2.24) is 0 Å². The molecule has 0 amide bonds. The summed E-state index contributed by atoms with van der Waals surface area (Å²) in [4.78, 5) is 0. The quantitative estimate of drug-likeness (QED) is 0.705. The molecular weight excluding hydrogens is 200 g/mol. The van der Waals surface area contributed by atoms with Crippen LogP contribution in [0.4, 0.5) is 0 Å². The largest absolute Gasteiger partial charge is 0.373 e. The van der Waals surface area contributed by atoms with Crippen molar-refractivity contribution in [2.24, 2.45) is 0 Å². The number of ether oxygens (including phenoxy) is 1. The topological polar surface area (TPSA) is 9.23 Å². The summed E-state index contributed by atoms with van der Waals surface area (Å²) in [6, 6.07) is 0. The Hall–Kier alpha value is 0.660. The van der Waals surface area contributed by atoms with E-state index in [4.69, 9.17) is 4.74 Å². The van der Waals surface area contributed by atoms with Crippen LogP contribution in [0.2, 0.25) is 0 Å². The summed E-state index contributed by atoms with van der Waals surface area (Å²) in [6.45, 7) is 4.60. The fourth-order valence-electron chi connectivity index (χ4n) is 2.01. The van der Waals surface area contributed by atoms with E-state index in [1.165, 1.54) is 24.3 Å². The zero-order valence-corrected chi connectivity index (χ0v) is 10.00. The van der Waals surface area contributed by atoms with Gasteiger partial charge in [-0.25, -0.2) is 0 Å². The van der Waals surface area contributed by atoms with Gasteiger partial charge in [0.25, 0.3) is 0 Å². The van der Waals surface area contributed by atoms with Crippen LogP contribution in [0.1, 0.15) is 26.7 Å². The van der Waals surface area contributed by atoms with Crippen molar-refractivity contribution in [2.75, 3.05) is 11.5 Å². The molecule has 2 aliphatic rings. The molecule has 1 nitrogen and oxygen atoms in total. The first-order valence-electron chi connectivity index (χ1n) is 5.16. The molecule has 4 atom stereocenters. The normalized spacial score (nSPS) is 45.7. The SMILES string of the molecule is CC1SCCC1OC1CCSC1C. The van der Waals surface area contributed by atoms with Crippen LogP contribution >= 0.6 is 23.5 Å². The van der Waals surface area contributed by atoms with E-state index in [0.29, 0.717) is 12.2 Å². The van der Waals surface area contributed by atoms with Gasteiger partial charge >= 0.3 is 0 Å². The van der Waals surface area contributed by atoms with Gasteiger partial charge in [-0.15, -0.1) is 0 Å². The molecule has 0 aromatic heterocycles. The average molecular weight is 218 g/mol. The maximum Gasteiger partial charge on any atom is 0.0703 e. The van der Waals surface area contributed by atoms with Crippen LogP contribution in [0.15, 0.2) is 0 Å². The molecule has 76 valence electrons. The Labute approximate surface area is 89.4 Å². The van der Waals surface area contributed by atoms with Crippen LogP contribution in [0.5, 0.6) is 0 Å². The minimum Gasteiger partial charge on any atom is -0.373 e. The van der Waals surface area contributed by atoms with Gasteiger partial charge in [0, 0.05) is 10.5 Å². The fourth-order valence-corrected chi connectivity index (χ4v) is 4.32. The minimum atomic E-state index is 0.538. The van der Waals surface area contributed by atoms with Gasteiger partial charge in [0.1, 0.15) is 0 Å². The molecule has 4 unspecified atom stereocenters. The number of hydrogen-bond acceptors (Lipinski definition) is 3. The zero-order valence-electron chi connectivity index (χ0n) is 8.36. The third-order valence-corrected chi connectivity index (χ3v) is 5.56. The second-order valence-electron chi connectivity index (χ2n) is 3.94. The third-order valence-electron chi connectivity index (χ3n) is 2.96. The Morgan fingerprint density at radius 1 is 0.923 bits per heavy atom. The molecular formula is C10H18OS2. The first kappa shape index (κ1) is 10.2. The molecule has 3 heteroatoms. The molecule has 0 aliphatic carbocycles. The summed E-state index contributed by atoms with van der Waals surface area (Å²) in [5.74, 6) is 2.58. The van der Waals surface area contributed by atoms with Crippen molar-refractivity contribution >= 4 is 23.5 Å². The van der Waals surface area contributed by atoms with Gasteiger partial charge in [-0.3, -0.25) is 0 Å². The molecule has 0 spiro atoms. The van der Waals surface area contributed by atoms with E-state index in [9.17, 15) is 0 Å². The summed E-state index contributed by atoms with van der Waals surface area (Å²) < 4.78 is 6.16. The van der Waals surface area contributed by atoms with Gasteiger partial charge < -0.3 is 4.74 Å². The highest BCUT2D eigenvalue weighted by atomic mass is 32.2. The molecule has 2 saturated heterocycles. The second kappa shape index (κ2) is 4.45. The second-order valence-corrected chi connectivity index (χ2v) is 6.91. The fraction of sp³-hybridized carbons (Fsp3) is 1.00. The maximum atomic E-state index is 6.16. The molecule has 2 rings (SSSR count). The van der Waals surface area contributed by atoms with Gasteiger partial charge in [-0.2, -0.15) is 23.5 Å². The van der Waals surface area contributed by atoms with E-state index >= 15 is 0 Å². The smallest absolute Gasteiger partial charge is 0.0703 e. The highest BCUT2D eigenvalue weighted by molar-refractivity contribution is 8.00. The van der Waals surface area contributed by atoms with Gasteiger partial charge in [0.2, 0.25) is 0 Å². The van der Waals surface area contributed by atoms with Crippen LogP contribution in [-0.4, -0.2) is 34.2 Å². The number of hydrogen-bond donors (Lipinski definition) is 0. The van der Waals surface area contributed by atoms with Crippen molar-refractivity contribution < 1.29 is 4.74 Å². The Bertz CT molecular complexity index is 156. The number of rotatable bonds is 2. The van der Waals surface area contributed by atoms with Crippen molar-refractivity contribution in [1.29, 1.82) is 0 Å². The number of thioether (sulfide) groups is 2. The minimum absolute atomic E-state index is 0.538. The average Bonchev–Trinajstić information content (AvgIpc) is 2.65. The molecule has 0 N–H and O–H groups in total. The standard InChI is InChI=1S/C10H18OS2/c1-7-9(3-5-12-7)11-10-4-6-13-8(10)2/h7-10H,3-6H2,1-2H3. The van der Waals surface area contributed by atoms with Gasteiger partial charge in [-0.1, -0.05) is 13.8 Å². The summed E-state index contributed by atoms with van der Waals surface area (Å²) >= 11 is 4.12. The molecule has 2 fully saturated rings. The molecule has 2 heterocycles. The van der Waals surface area contributed by atoms with Crippen LogP contribution in [0.3, 0.4) is 0 Å². The van der Waals surface area contributed by atoms with E-state index < -0.39 is 0 Å². The summed E-state index contributed by atoms with van der Waals surface area (Å²) in [7, 11) is 0. The molecule has 0 aromatic carbocycles. The first-order valence-corrected chi connectivity index (χ1v) is 7.26. The van der Waals surface area contributed by atoms with Gasteiger partial charge in [-0.05, 0) is 24.3 Å². The highest BCUT2D eigenvalue weighted by Gasteiger charge is 2.32. The molecule has 2 aliphatic heterocycles. The highest BCUT2D eigenvalue weighted by Crippen LogP contribution is 2.34. The lowest BCUT2D eigenvalue weighted by atomic mass is 10.2. The van der Waals surface area contributed by atoms with Crippen molar-refractivity contribution in [3.05, 3.63) is 0 Å². The van der Waals surface area contributed by atoms with E-state index in [1.54, 1.807) is 0 Å². The molecule has 0 bridgehead atoms. The summed E-state index contributed by atoms with van der Waals surface area (Å²) in [6.07, 6.45) is 3.60. The van der Waals surface area contributed by atoms with Crippen molar-refractivity contribution in [3.8, 4) is 0 Å². The van der Waals surface area contributed by atoms with E-state index in [2.05, 4.69) is 37.4 Å². The van der Waals surface area contributed by atoms with Crippen LogP contribution < -0.4 is 0 Å². The monoisotopic (exact) mass is 218 g/mol. The van der Waals surface area contributed by atoms with E-state index in [-0.39, 0.29) is 0 Å². The maximum absolute atomic E-state index is 6.16. The first-order chi connectivity index (χ1) is 6.27. The third kappa shape index (κ3) is 2.37. The predicted molar refractivity (Wildman–Crippen MR) is 61.7 cm³/mol. The molecule has 0 aromatic rings. The lowest BCUT2D eigenvalue weighted by Gasteiger charge is -2.23. The lowest BCUT2D eigenvalue weighted by molar-refractivity contribution is -0.00490. The van der Waals surface area contributed by atoms with E-state index in [0.717, 1.165) is 10.5 Å². The van der Waals surface area contributed by atoms with Crippen molar-refractivity contribution in [3.63, 3.8) is 0 Å².